The molecule has 5 aromatic carbocycles. The first kappa shape index (κ1) is 50.9. The van der Waals surface area contributed by atoms with Gasteiger partial charge < -0.3 is 24.6 Å². The molecule has 0 radical (unpaired) electrons. The summed E-state index contributed by atoms with van der Waals surface area (Å²) in [5, 5.41) is 22.5. The van der Waals surface area contributed by atoms with E-state index in [1.54, 1.807) is 56.1 Å². The topological polar surface area (TPSA) is 217 Å². The van der Waals surface area contributed by atoms with Crippen LogP contribution < -0.4 is 19.5 Å². The average molecular weight is 1010 g/mol. The Balaban J connectivity index is 0.771. The normalized spacial score (nSPS) is 19.0. The first-order valence-electron chi connectivity index (χ1n) is 24.8. The number of carbonyl (C=O) groups excluding carboxylic acids is 5. The highest BCUT2D eigenvalue weighted by molar-refractivity contribution is 7.89. The van der Waals surface area contributed by atoms with Crippen LogP contribution in [-0.2, 0) is 44.4 Å². The molecule has 4 atom stereocenters. The smallest absolute Gasteiger partial charge is 0.261 e. The van der Waals surface area contributed by atoms with Gasteiger partial charge in [0.05, 0.1) is 25.3 Å². The number of imide groups is 1. The molecule has 6 aromatic rings. The van der Waals surface area contributed by atoms with Crippen molar-refractivity contribution >= 4 is 61.1 Å². The summed E-state index contributed by atoms with van der Waals surface area (Å²) >= 11 is 0. The zero-order chi connectivity index (χ0) is 51.7. The zero-order valence-corrected chi connectivity index (χ0v) is 42.5. The lowest BCUT2D eigenvalue weighted by Gasteiger charge is -2.38. The van der Waals surface area contributed by atoms with Gasteiger partial charge in [-0.25, -0.2) is 13.1 Å². The van der Waals surface area contributed by atoms with Crippen LogP contribution in [0, 0.1) is 6.92 Å². The number of ether oxygens (including phenoxy) is 3. The average Bonchev–Trinajstić information content (AvgIpc) is 3.70. The number of piperidine rings is 1. The lowest BCUT2D eigenvalue weighted by Crippen LogP contribution is -2.59. The minimum atomic E-state index is -3.97. The number of unbranched alkanes of at least 4 members (excludes halogenated alkanes) is 4. The third kappa shape index (κ3) is 10.6. The number of methoxy groups -OCH3 is 1. The fourth-order valence-corrected chi connectivity index (χ4v) is 12.0. The lowest BCUT2D eigenvalue weighted by atomic mass is 9.85. The van der Waals surface area contributed by atoms with E-state index in [0.29, 0.717) is 51.9 Å². The van der Waals surface area contributed by atoms with E-state index >= 15 is 0 Å². The van der Waals surface area contributed by atoms with E-state index in [1.807, 2.05) is 56.3 Å². The molecule has 18 heteroatoms. The van der Waals surface area contributed by atoms with Crippen molar-refractivity contribution in [2.75, 3.05) is 20.3 Å². The molecule has 3 aliphatic heterocycles. The van der Waals surface area contributed by atoms with Crippen LogP contribution >= 0.6 is 0 Å². The molecule has 9 rings (SSSR count). The maximum atomic E-state index is 14.4. The summed E-state index contributed by atoms with van der Waals surface area (Å²) in [6.07, 6.45) is 3.88. The van der Waals surface area contributed by atoms with Gasteiger partial charge in [0.25, 0.3) is 11.8 Å². The van der Waals surface area contributed by atoms with Crippen molar-refractivity contribution in [3.63, 3.8) is 0 Å². The van der Waals surface area contributed by atoms with Crippen molar-refractivity contribution in [1.82, 2.24) is 29.5 Å². The summed E-state index contributed by atoms with van der Waals surface area (Å²) in [6.45, 7) is 5.46. The number of fused-ring (bicyclic) bond motifs is 2. The van der Waals surface area contributed by atoms with E-state index < -0.39 is 40.2 Å². The number of ketones is 2. The van der Waals surface area contributed by atoms with Crippen molar-refractivity contribution in [3.05, 3.63) is 118 Å². The van der Waals surface area contributed by atoms with Crippen molar-refractivity contribution < 1.29 is 51.7 Å². The van der Waals surface area contributed by atoms with E-state index in [0.717, 1.165) is 70.3 Å². The summed E-state index contributed by atoms with van der Waals surface area (Å²) in [7, 11) is -0.588. The Hall–Kier alpha value is -7.02. The highest BCUT2D eigenvalue weighted by Gasteiger charge is 2.43. The fourth-order valence-electron chi connectivity index (χ4n) is 10.4. The minimum Gasteiger partial charge on any atom is -0.494 e. The number of aromatic nitrogens is 3. The number of sulfonamides is 1. The predicted octanol–water partition coefficient (Wildman–Crippen LogP) is 7.25. The Bertz CT molecular complexity index is 3280. The largest absolute Gasteiger partial charge is 0.494 e. The highest BCUT2D eigenvalue weighted by Crippen LogP contribution is 2.39. The number of amides is 3. The molecule has 0 bridgehead atoms. The first-order valence-corrected chi connectivity index (χ1v) is 26.3. The molecule has 73 heavy (non-hydrogen) atoms. The Morgan fingerprint density at radius 2 is 1.71 bits per heavy atom. The van der Waals surface area contributed by atoms with Gasteiger partial charge in [-0.2, -0.15) is 4.31 Å². The molecule has 382 valence electrons. The second-order valence-electron chi connectivity index (χ2n) is 19.5. The van der Waals surface area contributed by atoms with E-state index in [4.69, 9.17) is 14.2 Å². The molecule has 2 N–H and O–H groups in total. The summed E-state index contributed by atoms with van der Waals surface area (Å²) in [6, 6.07) is 22.5. The van der Waals surface area contributed by atoms with Crippen LogP contribution in [0.1, 0.15) is 126 Å². The van der Waals surface area contributed by atoms with Crippen LogP contribution in [0.3, 0.4) is 0 Å². The number of nitrogens with one attached hydrogen (secondary N) is 1. The van der Waals surface area contributed by atoms with Gasteiger partial charge in [-0.3, -0.25) is 28.9 Å². The number of aryl methyl sites for hydroxylation is 3. The molecular weight excluding hydrogens is 953 g/mol. The standard InChI is InChI=1S/C55H60N6O11S/c1-32-16-18-36(43(22-33(2)62)38-26-45-52(48(27-38)70-5)59(4)58-57-45)24-39(32)30-60-29-34(3)72-47-23-35(17-20-49(47)73(60,68)69)12-9-7-6-8-10-14-40(63)31-71-41-25-37-13-11-15-42-51(37)44(28-41)55(67)61(54(42)66)46-19-21-50(64)56-53(46)65/h11,13,15-18,20,23-28,34,43,46,53,65H,6-10,12,14,19,21-22,29-31H2,1-5H3,(H,56,64)/t34-,43?,46?,53?/m1/s1. The number of carbonyl (C=O) groups is 5. The van der Waals surface area contributed by atoms with Gasteiger partial charge in [0.1, 0.15) is 57.9 Å². The van der Waals surface area contributed by atoms with Gasteiger partial charge in [0.15, 0.2) is 5.78 Å². The van der Waals surface area contributed by atoms with E-state index in [-0.39, 0.29) is 72.8 Å². The van der Waals surface area contributed by atoms with Crippen LogP contribution in [0.25, 0.3) is 21.8 Å². The molecule has 3 unspecified atom stereocenters. The summed E-state index contributed by atoms with van der Waals surface area (Å²) in [4.78, 5) is 65.8. The maximum Gasteiger partial charge on any atom is 0.261 e. The number of Topliss-reactive ketones (excluding diaryl/α,β-unsaturated/α-hetero) is 2. The fraction of sp³-hybridized carbons (Fsp3) is 0.400. The number of aliphatic hydroxyl groups excluding tert-OH is 1. The molecule has 4 heterocycles. The van der Waals surface area contributed by atoms with Crippen LogP contribution in [-0.4, -0.2) is 106 Å². The van der Waals surface area contributed by atoms with Crippen LogP contribution in [0.4, 0.5) is 0 Å². The van der Waals surface area contributed by atoms with Gasteiger partial charge in [-0.15, -0.1) is 5.10 Å². The van der Waals surface area contributed by atoms with Crippen molar-refractivity contribution in [1.29, 1.82) is 0 Å². The molecule has 17 nitrogen and oxygen atoms in total. The van der Waals surface area contributed by atoms with Crippen molar-refractivity contribution in [2.24, 2.45) is 7.05 Å². The third-order valence-corrected chi connectivity index (χ3v) is 16.0. The van der Waals surface area contributed by atoms with Gasteiger partial charge in [-0.1, -0.05) is 60.9 Å². The Morgan fingerprint density at radius 3 is 2.49 bits per heavy atom. The summed E-state index contributed by atoms with van der Waals surface area (Å²) in [5.74, 6) is -0.679. The summed E-state index contributed by atoms with van der Waals surface area (Å²) < 4.78 is 49.8. The van der Waals surface area contributed by atoms with Gasteiger partial charge in [-0.05, 0) is 122 Å². The molecule has 1 aromatic heterocycles. The monoisotopic (exact) mass is 1010 g/mol. The van der Waals surface area contributed by atoms with Crippen LogP contribution in [0.2, 0.25) is 0 Å². The van der Waals surface area contributed by atoms with Crippen LogP contribution in [0.5, 0.6) is 17.2 Å². The van der Waals surface area contributed by atoms with Crippen molar-refractivity contribution in [3.8, 4) is 17.2 Å². The number of hydrogen-bond acceptors (Lipinski definition) is 13. The van der Waals surface area contributed by atoms with E-state index in [9.17, 15) is 37.5 Å². The first-order chi connectivity index (χ1) is 35.0. The SMILES string of the molecule is COc1cc(C(CC(C)=O)c2ccc(C)c(CN3C[C@@H](C)Oc4cc(CCCCCCCC(=O)COc5cc6c7c(cccc7c5)C(=O)N(C5CCC(=O)NC5O)C6=O)ccc4S3(=O)=O)c2)cc2nnn(C)c12. The zero-order valence-electron chi connectivity index (χ0n) is 41.7. The second-order valence-corrected chi connectivity index (χ2v) is 21.4. The molecule has 1 fully saturated rings. The number of aliphatic hydroxyl groups is 1. The Morgan fingerprint density at radius 1 is 0.932 bits per heavy atom. The van der Waals surface area contributed by atoms with Crippen molar-refractivity contribution in [2.45, 2.75) is 121 Å². The molecule has 0 aliphatic carbocycles. The van der Waals surface area contributed by atoms with E-state index in [1.165, 1.54) is 10.4 Å². The molecule has 0 spiro atoms. The van der Waals surface area contributed by atoms with Gasteiger partial charge >= 0.3 is 0 Å². The molecule has 3 aliphatic rings. The number of rotatable bonds is 19. The number of benzene rings is 5. The lowest BCUT2D eigenvalue weighted by molar-refractivity contribution is -0.129. The summed E-state index contributed by atoms with van der Waals surface area (Å²) in [5.41, 5.74) is 6.35. The van der Waals surface area contributed by atoms with Gasteiger partial charge in [0, 0.05) is 49.7 Å². The number of hydrogen-bond donors (Lipinski definition) is 2. The minimum absolute atomic E-state index is 0.00722. The molecular formula is C55H60N6O11S. The molecule has 1 saturated heterocycles. The van der Waals surface area contributed by atoms with Gasteiger partial charge in [0.2, 0.25) is 15.9 Å². The van der Waals surface area contributed by atoms with E-state index in [2.05, 4.69) is 15.6 Å². The molecule has 3 amide bonds. The quantitative estimate of drug-likeness (QED) is 0.0605. The second kappa shape index (κ2) is 21.2. The predicted molar refractivity (Wildman–Crippen MR) is 271 cm³/mol. The highest BCUT2D eigenvalue weighted by atomic mass is 32.2. The number of nitrogens with zero attached hydrogens (tertiary/aromatic N) is 5. The van der Waals surface area contributed by atoms with Crippen LogP contribution in [0.15, 0.2) is 83.8 Å². The maximum absolute atomic E-state index is 14.4. The molecule has 0 saturated carbocycles. The Kier molecular flexibility index (Phi) is 14.8. The Labute approximate surface area is 423 Å². The third-order valence-electron chi connectivity index (χ3n) is 14.2.